The van der Waals surface area contributed by atoms with Gasteiger partial charge < -0.3 is 10.9 Å². The van der Waals surface area contributed by atoms with E-state index in [4.69, 9.17) is 10.9 Å². The highest BCUT2D eigenvalue weighted by molar-refractivity contribution is 5.97. The first-order valence-electron chi connectivity index (χ1n) is 5.78. The topological polar surface area (TPSA) is 89.3 Å². The van der Waals surface area contributed by atoms with Gasteiger partial charge in [-0.2, -0.15) is 5.10 Å². The lowest BCUT2D eigenvalue weighted by molar-refractivity contribution is 0.318. The van der Waals surface area contributed by atoms with Gasteiger partial charge in [-0.25, -0.2) is 9.67 Å². The Bertz CT molecular complexity index is 600. The summed E-state index contributed by atoms with van der Waals surface area (Å²) in [5, 5.41) is 16.1. The number of pyridine rings is 1. The summed E-state index contributed by atoms with van der Waals surface area (Å²) in [4.78, 5) is 4.23. The van der Waals surface area contributed by atoms with E-state index >= 15 is 0 Å². The highest BCUT2D eigenvalue weighted by Crippen LogP contribution is 2.38. The maximum atomic E-state index is 8.65. The fraction of sp³-hybridized carbons (Fsp3) is 0.250. The molecule has 1 aliphatic carbocycles. The van der Waals surface area contributed by atoms with Crippen molar-refractivity contribution in [2.24, 2.45) is 10.9 Å². The van der Waals surface area contributed by atoms with E-state index in [2.05, 4.69) is 15.2 Å². The second-order valence-electron chi connectivity index (χ2n) is 4.35. The van der Waals surface area contributed by atoms with Crippen LogP contribution in [0.5, 0.6) is 0 Å². The molecule has 0 unspecified atom stereocenters. The van der Waals surface area contributed by atoms with Crippen molar-refractivity contribution in [1.29, 1.82) is 0 Å². The molecule has 0 aromatic carbocycles. The van der Waals surface area contributed by atoms with E-state index in [-0.39, 0.29) is 5.84 Å². The second kappa shape index (κ2) is 4.14. The van der Waals surface area contributed by atoms with Gasteiger partial charge in [-0.05, 0) is 31.0 Å². The lowest BCUT2D eigenvalue weighted by atomic mass is 10.2. The Balaban J connectivity index is 1.94. The fourth-order valence-electron chi connectivity index (χ4n) is 1.82. The molecular weight excluding hydrogens is 230 g/mol. The van der Waals surface area contributed by atoms with Gasteiger partial charge in [-0.1, -0.05) is 5.16 Å². The molecular formula is C12H13N5O. The molecule has 1 aliphatic rings. The van der Waals surface area contributed by atoms with Crippen molar-refractivity contribution in [1.82, 2.24) is 14.8 Å². The summed E-state index contributed by atoms with van der Waals surface area (Å²) >= 11 is 0. The van der Waals surface area contributed by atoms with E-state index < -0.39 is 0 Å². The predicted molar refractivity (Wildman–Crippen MR) is 65.8 cm³/mol. The van der Waals surface area contributed by atoms with Gasteiger partial charge in [0.05, 0.1) is 5.69 Å². The molecule has 0 amide bonds. The minimum atomic E-state index is 0.0632. The quantitative estimate of drug-likeness (QED) is 0.367. The Kier molecular flexibility index (Phi) is 2.47. The molecule has 0 aliphatic heterocycles. The third-order valence-corrected chi connectivity index (χ3v) is 2.99. The zero-order chi connectivity index (χ0) is 12.5. The van der Waals surface area contributed by atoms with Crippen LogP contribution in [0.4, 0.5) is 0 Å². The molecule has 0 radical (unpaired) electrons. The zero-order valence-corrected chi connectivity index (χ0v) is 9.69. The van der Waals surface area contributed by atoms with E-state index in [9.17, 15) is 0 Å². The van der Waals surface area contributed by atoms with Gasteiger partial charge >= 0.3 is 0 Å². The lowest BCUT2D eigenvalue weighted by Crippen LogP contribution is -2.14. The summed E-state index contributed by atoms with van der Waals surface area (Å²) in [5.41, 5.74) is 7.27. The van der Waals surface area contributed by atoms with Crippen LogP contribution in [0.2, 0.25) is 0 Å². The lowest BCUT2D eigenvalue weighted by Gasteiger charge is -2.03. The van der Waals surface area contributed by atoms with Gasteiger partial charge in [0.15, 0.2) is 11.7 Å². The molecule has 1 saturated carbocycles. The normalized spacial score (nSPS) is 15.9. The van der Waals surface area contributed by atoms with Gasteiger partial charge in [0.2, 0.25) is 0 Å². The molecule has 2 aromatic rings. The Morgan fingerprint density at radius 2 is 2.28 bits per heavy atom. The van der Waals surface area contributed by atoms with Crippen molar-refractivity contribution < 1.29 is 5.21 Å². The van der Waals surface area contributed by atoms with Crippen LogP contribution in [-0.2, 0) is 0 Å². The number of rotatable bonds is 3. The van der Waals surface area contributed by atoms with Crippen LogP contribution in [0, 0.1) is 0 Å². The van der Waals surface area contributed by atoms with Crippen molar-refractivity contribution in [3.63, 3.8) is 0 Å². The average molecular weight is 243 g/mol. The van der Waals surface area contributed by atoms with Gasteiger partial charge in [0.1, 0.15) is 0 Å². The van der Waals surface area contributed by atoms with Gasteiger partial charge in [0, 0.05) is 23.9 Å². The summed E-state index contributed by atoms with van der Waals surface area (Å²) in [6, 6.07) is 5.43. The number of hydrogen-bond acceptors (Lipinski definition) is 4. The largest absolute Gasteiger partial charge is 0.409 e. The Morgan fingerprint density at radius 1 is 1.44 bits per heavy atom. The molecule has 0 atom stereocenters. The molecule has 6 heteroatoms. The van der Waals surface area contributed by atoms with Crippen LogP contribution in [0.3, 0.4) is 0 Å². The molecule has 0 saturated heterocycles. The van der Waals surface area contributed by atoms with Gasteiger partial charge in [-0.3, -0.25) is 0 Å². The monoisotopic (exact) mass is 243 g/mol. The van der Waals surface area contributed by atoms with Gasteiger partial charge in [-0.15, -0.1) is 0 Å². The molecule has 92 valence electrons. The maximum Gasteiger partial charge on any atom is 0.170 e. The van der Waals surface area contributed by atoms with Crippen molar-refractivity contribution >= 4 is 5.84 Å². The minimum Gasteiger partial charge on any atom is -0.409 e. The smallest absolute Gasteiger partial charge is 0.170 e. The third kappa shape index (κ3) is 1.92. The molecule has 2 heterocycles. The molecule has 0 spiro atoms. The molecule has 2 aromatic heterocycles. The summed E-state index contributed by atoms with van der Waals surface area (Å²) in [6.07, 6.45) is 5.93. The molecule has 6 nitrogen and oxygen atoms in total. The van der Waals surface area contributed by atoms with Gasteiger partial charge in [0.25, 0.3) is 0 Å². The average Bonchev–Trinajstić information content (AvgIpc) is 3.15. The fourth-order valence-corrected chi connectivity index (χ4v) is 1.82. The number of hydrogen-bond donors (Lipinski definition) is 2. The Labute approximate surface area is 104 Å². The molecule has 3 rings (SSSR count). The van der Waals surface area contributed by atoms with Crippen LogP contribution in [-0.4, -0.2) is 25.8 Å². The Hall–Kier alpha value is -2.37. The first-order chi connectivity index (χ1) is 8.78. The van der Waals surface area contributed by atoms with E-state index in [1.807, 2.05) is 12.3 Å². The van der Waals surface area contributed by atoms with Crippen molar-refractivity contribution in [2.45, 2.75) is 18.8 Å². The number of amidine groups is 1. The van der Waals surface area contributed by atoms with Crippen LogP contribution < -0.4 is 5.73 Å². The summed E-state index contributed by atoms with van der Waals surface area (Å²) in [6.45, 7) is 0. The number of nitrogens with zero attached hydrogens (tertiary/aromatic N) is 4. The second-order valence-corrected chi connectivity index (χ2v) is 4.35. The molecule has 3 N–H and O–H groups in total. The number of aromatic nitrogens is 3. The first kappa shape index (κ1) is 10.8. The van der Waals surface area contributed by atoms with E-state index in [0.29, 0.717) is 17.3 Å². The van der Waals surface area contributed by atoms with Crippen LogP contribution >= 0.6 is 0 Å². The summed E-state index contributed by atoms with van der Waals surface area (Å²) in [7, 11) is 0. The number of nitrogens with two attached hydrogens (primary N) is 1. The van der Waals surface area contributed by atoms with Crippen molar-refractivity contribution in [3.05, 3.63) is 41.9 Å². The zero-order valence-electron chi connectivity index (χ0n) is 9.69. The third-order valence-electron chi connectivity index (χ3n) is 2.99. The molecule has 1 fully saturated rings. The summed E-state index contributed by atoms with van der Waals surface area (Å²) < 4.78 is 1.71. The van der Waals surface area contributed by atoms with Crippen LogP contribution in [0.25, 0.3) is 5.82 Å². The number of oxime groups is 1. The Morgan fingerprint density at radius 3 is 3.00 bits per heavy atom. The van der Waals surface area contributed by atoms with Crippen LogP contribution in [0.1, 0.15) is 30.0 Å². The van der Waals surface area contributed by atoms with Crippen molar-refractivity contribution in [3.8, 4) is 5.82 Å². The van der Waals surface area contributed by atoms with E-state index in [0.717, 1.165) is 5.69 Å². The molecule has 18 heavy (non-hydrogen) atoms. The van der Waals surface area contributed by atoms with Crippen molar-refractivity contribution in [2.75, 3.05) is 0 Å². The first-order valence-corrected chi connectivity index (χ1v) is 5.78. The van der Waals surface area contributed by atoms with Crippen LogP contribution in [0.15, 0.2) is 35.7 Å². The summed E-state index contributed by atoms with van der Waals surface area (Å²) in [5.74, 6) is 1.33. The maximum absolute atomic E-state index is 8.65. The molecule has 0 bridgehead atoms. The van der Waals surface area contributed by atoms with E-state index in [1.54, 1.807) is 23.0 Å². The predicted octanol–water partition coefficient (Wildman–Crippen LogP) is 1.24. The van der Waals surface area contributed by atoms with E-state index in [1.165, 1.54) is 12.8 Å². The minimum absolute atomic E-state index is 0.0632. The highest BCUT2D eigenvalue weighted by Gasteiger charge is 2.25. The highest BCUT2D eigenvalue weighted by atomic mass is 16.4. The SMILES string of the molecule is N/C(=N\O)c1ccnc(-n2ccc(C3CC3)n2)c1. The standard InChI is InChI=1S/C12H13N5O/c13-12(16-18)9-3-5-14-11(7-9)17-6-4-10(15-17)8-1-2-8/h3-8,18H,1-2H2,(H2,13,16).